The molecule has 4 bridgehead atoms. The molecule has 138 valence electrons. The third kappa shape index (κ3) is 3.62. The molecule has 0 aromatic heterocycles. The van der Waals surface area contributed by atoms with Gasteiger partial charge in [-0.3, -0.25) is 4.79 Å². The molecular weight excluding hydrogens is 344 g/mol. The lowest BCUT2D eigenvalue weighted by molar-refractivity contribution is -0.155. The van der Waals surface area contributed by atoms with Crippen LogP contribution in [-0.2, 0) is 14.3 Å². The van der Waals surface area contributed by atoms with Crippen molar-refractivity contribution in [3.05, 3.63) is 35.9 Å². The molecule has 0 spiro atoms. The normalized spacial score (nSPS) is 32.1. The van der Waals surface area contributed by atoms with Gasteiger partial charge in [0.25, 0.3) is 0 Å². The van der Waals surface area contributed by atoms with Gasteiger partial charge in [-0.25, -0.2) is 4.79 Å². The second-order valence-corrected chi connectivity index (χ2v) is 9.21. The van der Waals surface area contributed by atoms with Gasteiger partial charge >= 0.3 is 5.97 Å². The summed E-state index contributed by atoms with van der Waals surface area (Å²) in [5, 5.41) is 0. The Hall–Kier alpha value is -1.55. The van der Waals surface area contributed by atoms with Gasteiger partial charge < -0.3 is 4.74 Å². The highest BCUT2D eigenvalue weighted by Gasteiger charge is 2.54. The van der Waals surface area contributed by atoms with Crippen molar-refractivity contribution in [3.63, 3.8) is 0 Å². The van der Waals surface area contributed by atoms with E-state index in [2.05, 4.69) is 0 Å². The molecule has 0 heterocycles. The number of carbonyl (C=O) groups is 2. The average Bonchev–Trinajstić information content (AvgIpc) is 2.63. The van der Waals surface area contributed by atoms with Crippen LogP contribution in [0, 0.1) is 23.2 Å². The van der Waals surface area contributed by atoms with E-state index in [1.807, 2.05) is 30.5 Å². The number of ketones is 1. The summed E-state index contributed by atoms with van der Waals surface area (Å²) in [5.74, 6) is 1.90. The van der Waals surface area contributed by atoms with E-state index in [0.29, 0.717) is 0 Å². The Kier molecular flexibility index (Phi) is 4.96. The molecule has 0 atom stereocenters. The van der Waals surface area contributed by atoms with Gasteiger partial charge in [-0.05, 0) is 86.3 Å². The first kappa shape index (κ1) is 17.8. The van der Waals surface area contributed by atoms with Crippen LogP contribution in [0.4, 0.5) is 0 Å². The predicted molar refractivity (Wildman–Crippen MR) is 104 cm³/mol. The quantitative estimate of drug-likeness (QED) is 0.412. The number of ether oxygens (including phenoxy) is 1. The summed E-state index contributed by atoms with van der Waals surface area (Å²) >= 11 is 1.68. The average molecular weight is 371 g/mol. The van der Waals surface area contributed by atoms with Crippen molar-refractivity contribution in [2.75, 3.05) is 12.9 Å². The molecule has 4 aliphatic rings. The predicted octanol–water partition coefficient (Wildman–Crippen LogP) is 4.75. The number of esters is 1. The van der Waals surface area contributed by atoms with Crippen molar-refractivity contribution in [2.45, 2.75) is 43.4 Å². The summed E-state index contributed by atoms with van der Waals surface area (Å²) < 4.78 is 5.28. The molecule has 0 saturated heterocycles. The standard InChI is InChI=1S/C22H26O3S/c1-26-19-5-2-15(3-6-19)4-7-21(24)25-14-20(23)22-11-16-8-17(12-22)10-18(9-16)13-22/h2-7,16-18H,8-14H2,1H3. The van der Waals surface area contributed by atoms with E-state index in [9.17, 15) is 9.59 Å². The molecule has 1 aromatic rings. The SMILES string of the molecule is CSc1ccc(C=CC(=O)OCC(=O)C23CC4CC(CC(C4)C2)C3)cc1. The van der Waals surface area contributed by atoms with Crippen molar-refractivity contribution < 1.29 is 14.3 Å². The molecule has 4 heteroatoms. The zero-order chi connectivity index (χ0) is 18.1. The molecule has 1 aromatic carbocycles. The monoisotopic (exact) mass is 370 g/mol. The lowest BCUT2D eigenvalue weighted by Gasteiger charge is -2.55. The van der Waals surface area contributed by atoms with Crippen molar-refractivity contribution in [1.29, 1.82) is 0 Å². The first-order valence-corrected chi connectivity index (χ1v) is 10.8. The lowest BCUT2D eigenvalue weighted by Crippen LogP contribution is -2.51. The highest BCUT2D eigenvalue weighted by Crippen LogP contribution is 2.60. The van der Waals surface area contributed by atoms with Crippen LogP contribution in [-0.4, -0.2) is 24.6 Å². The Morgan fingerprint density at radius 3 is 2.19 bits per heavy atom. The number of thioether (sulfide) groups is 1. The second kappa shape index (κ2) is 7.22. The highest BCUT2D eigenvalue weighted by atomic mass is 32.2. The third-order valence-corrected chi connectivity index (χ3v) is 7.25. The van der Waals surface area contributed by atoms with E-state index in [1.54, 1.807) is 17.8 Å². The van der Waals surface area contributed by atoms with Gasteiger partial charge in [0, 0.05) is 16.4 Å². The minimum absolute atomic E-state index is 0.0687. The fourth-order valence-electron chi connectivity index (χ4n) is 5.67. The maximum Gasteiger partial charge on any atom is 0.331 e. The van der Waals surface area contributed by atoms with Crippen molar-refractivity contribution in [2.24, 2.45) is 23.2 Å². The van der Waals surface area contributed by atoms with Gasteiger partial charge in [0.05, 0.1) is 0 Å². The Morgan fingerprint density at radius 2 is 1.65 bits per heavy atom. The largest absolute Gasteiger partial charge is 0.455 e. The number of hydrogen-bond acceptors (Lipinski definition) is 4. The molecule has 4 aliphatic carbocycles. The molecule has 26 heavy (non-hydrogen) atoms. The lowest BCUT2D eigenvalue weighted by atomic mass is 9.48. The fourth-order valence-corrected chi connectivity index (χ4v) is 6.08. The Morgan fingerprint density at radius 1 is 1.08 bits per heavy atom. The van der Waals surface area contributed by atoms with Crippen LogP contribution in [0.2, 0.25) is 0 Å². The number of carbonyl (C=O) groups excluding carboxylic acids is 2. The molecule has 3 nitrogen and oxygen atoms in total. The molecule has 4 saturated carbocycles. The van der Waals surface area contributed by atoms with Gasteiger partial charge in [-0.1, -0.05) is 12.1 Å². The summed E-state index contributed by atoms with van der Waals surface area (Å²) in [6.07, 6.45) is 12.2. The molecule has 0 aliphatic heterocycles. The van der Waals surface area contributed by atoms with Gasteiger partial charge in [0.2, 0.25) is 0 Å². The van der Waals surface area contributed by atoms with Gasteiger partial charge in [-0.15, -0.1) is 11.8 Å². The van der Waals surface area contributed by atoms with Crippen molar-refractivity contribution >= 4 is 29.6 Å². The Labute approximate surface area is 159 Å². The molecule has 0 N–H and O–H groups in total. The van der Waals surface area contributed by atoms with Crippen molar-refractivity contribution in [3.8, 4) is 0 Å². The minimum atomic E-state index is -0.433. The summed E-state index contributed by atoms with van der Waals surface area (Å²) in [4.78, 5) is 26.0. The summed E-state index contributed by atoms with van der Waals surface area (Å²) in [6.45, 7) is -0.0687. The van der Waals surface area contributed by atoms with Crippen LogP contribution in [0.3, 0.4) is 0 Å². The molecule has 0 unspecified atom stereocenters. The highest BCUT2D eigenvalue weighted by molar-refractivity contribution is 7.98. The maximum atomic E-state index is 12.8. The fraction of sp³-hybridized carbons (Fsp3) is 0.545. The van der Waals surface area contributed by atoms with E-state index in [4.69, 9.17) is 4.74 Å². The van der Waals surface area contributed by atoms with Crippen LogP contribution in [0.1, 0.15) is 44.1 Å². The van der Waals surface area contributed by atoms with Crippen LogP contribution in [0.25, 0.3) is 6.08 Å². The number of rotatable bonds is 6. The minimum Gasteiger partial charge on any atom is -0.455 e. The first-order valence-electron chi connectivity index (χ1n) is 9.58. The molecule has 0 radical (unpaired) electrons. The smallest absolute Gasteiger partial charge is 0.331 e. The Balaban J connectivity index is 1.31. The molecule has 0 amide bonds. The van der Waals surface area contributed by atoms with E-state index < -0.39 is 5.97 Å². The molecular formula is C22H26O3S. The van der Waals surface area contributed by atoms with Crippen LogP contribution < -0.4 is 0 Å². The zero-order valence-electron chi connectivity index (χ0n) is 15.3. The van der Waals surface area contributed by atoms with Gasteiger partial charge in [0.1, 0.15) is 0 Å². The summed E-state index contributed by atoms with van der Waals surface area (Å²) in [6, 6.07) is 7.98. The van der Waals surface area contributed by atoms with E-state index in [1.165, 1.54) is 30.2 Å². The zero-order valence-corrected chi connectivity index (χ0v) is 16.1. The number of hydrogen-bond donors (Lipinski definition) is 0. The van der Waals surface area contributed by atoms with Gasteiger partial charge in [-0.2, -0.15) is 0 Å². The van der Waals surface area contributed by atoms with Crippen molar-refractivity contribution in [1.82, 2.24) is 0 Å². The number of Topliss-reactive ketones (excluding diaryl/α,β-unsaturated/α-hetero) is 1. The summed E-state index contributed by atoms with van der Waals surface area (Å²) in [7, 11) is 0. The third-order valence-electron chi connectivity index (χ3n) is 6.50. The van der Waals surface area contributed by atoms with Crippen LogP contribution in [0.15, 0.2) is 35.2 Å². The second-order valence-electron chi connectivity index (χ2n) is 8.34. The van der Waals surface area contributed by atoms with Crippen LogP contribution >= 0.6 is 11.8 Å². The number of benzene rings is 1. The van der Waals surface area contributed by atoms with E-state index in [-0.39, 0.29) is 17.8 Å². The topological polar surface area (TPSA) is 43.4 Å². The first-order chi connectivity index (χ1) is 12.6. The summed E-state index contributed by atoms with van der Waals surface area (Å²) in [5.41, 5.74) is 0.763. The van der Waals surface area contributed by atoms with Gasteiger partial charge in [0.15, 0.2) is 12.4 Å². The van der Waals surface area contributed by atoms with E-state index in [0.717, 1.165) is 42.6 Å². The maximum absolute atomic E-state index is 12.8. The van der Waals surface area contributed by atoms with E-state index >= 15 is 0 Å². The molecule has 5 rings (SSSR count). The Bertz CT molecular complexity index is 684. The van der Waals surface area contributed by atoms with Crippen LogP contribution in [0.5, 0.6) is 0 Å². The molecule has 4 fully saturated rings.